The molecule has 0 spiro atoms. The molecule has 1 heterocycles. The maximum Gasteiger partial charge on any atom is 0.231 e. The van der Waals surface area contributed by atoms with Crippen LogP contribution in [0.2, 0.25) is 0 Å². The predicted octanol–water partition coefficient (Wildman–Crippen LogP) is 2.47. The second-order valence-corrected chi connectivity index (χ2v) is 5.33. The molecule has 0 radical (unpaired) electrons. The fourth-order valence-electron chi connectivity index (χ4n) is 1.68. The number of aryl methyl sites for hydroxylation is 2. The molecule has 4 nitrogen and oxygen atoms in total. The summed E-state index contributed by atoms with van der Waals surface area (Å²) < 4.78 is 5.22. The van der Waals surface area contributed by atoms with E-state index < -0.39 is 5.54 Å². The van der Waals surface area contributed by atoms with Gasteiger partial charge in [-0.3, -0.25) is 0 Å². The molecule has 1 aromatic carbocycles. The zero-order valence-electron chi connectivity index (χ0n) is 11.3. The van der Waals surface area contributed by atoms with Gasteiger partial charge >= 0.3 is 0 Å². The van der Waals surface area contributed by atoms with Crippen LogP contribution in [-0.4, -0.2) is 10.1 Å². The van der Waals surface area contributed by atoms with E-state index in [1.165, 1.54) is 16.7 Å². The van der Waals surface area contributed by atoms with Gasteiger partial charge in [0.2, 0.25) is 5.89 Å². The van der Waals surface area contributed by atoms with Gasteiger partial charge in [0.1, 0.15) is 0 Å². The lowest BCUT2D eigenvalue weighted by atomic mass is 10.0. The van der Waals surface area contributed by atoms with E-state index in [0.29, 0.717) is 18.1 Å². The van der Waals surface area contributed by atoms with E-state index in [0.717, 1.165) is 0 Å². The normalized spacial score (nSPS) is 11.8. The first-order valence-electron chi connectivity index (χ1n) is 6.04. The van der Waals surface area contributed by atoms with Crippen molar-refractivity contribution < 1.29 is 4.52 Å². The van der Waals surface area contributed by atoms with Gasteiger partial charge in [-0.25, -0.2) is 0 Å². The van der Waals surface area contributed by atoms with Crippen molar-refractivity contribution >= 4 is 0 Å². The molecule has 0 bridgehead atoms. The molecular formula is C14H19N3O. The summed E-state index contributed by atoms with van der Waals surface area (Å²) in [5, 5.41) is 3.91. The van der Waals surface area contributed by atoms with Crippen LogP contribution in [0.5, 0.6) is 0 Å². The Morgan fingerprint density at radius 1 is 1.22 bits per heavy atom. The Kier molecular flexibility index (Phi) is 3.22. The molecule has 0 saturated heterocycles. The summed E-state index contributed by atoms with van der Waals surface area (Å²) in [5.74, 6) is 1.15. The van der Waals surface area contributed by atoms with Crippen LogP contribution in [0.4, 0.5) is 0 Å². The molecule has 0 saturated carbocycles. The highest BCUT2D eigenvalue weighted by Gasteiger charge is 2.21. The molecule has 0 amide bonds. The Morgan fingerprint density at radius 3 is 2.50 bits per heavy atom. The van der Waals surface area contributed by atoms with Crippen LogP contribution in [0.3, 0.4) is 0 Å². The third-order valence-electron chi connectivity index (χ3n) is 2.97. The van der Waals surface area contributed by atoms with Crippen molar-refractivity contribution in [3.8, 4) is 0 Å². The largest absolute Gasteiger partial charge is 0.339 e. The highest BCUT2D eigenvalue weighted by molar-refractivity contribution is 5.31. The number of nitrogens with two attached hydrogens (primary N) is 1. The summed E-state index contributed by atoms with van der Waals surface area (Å²) in [7, 11) is 0. The molecular weight excluding hydrogens is 226 g/mol. The molecule has 18 heavy (non-hydrogen) atoms. The van der Waals surface area contributed by atoms with Crippen molar-refractivity contribution in [2.24, 2.45) is 5.73 Å². The molecule has 0 aliphatic carbocycles. The Balaban J connectivity index is 2.19. The molecule has 2 aromatic rings. The second kappa shape index (κ2) is 4.53. The fourth-order valence-corrected chi connectivity index (χ4v) is 1.68. The molecule has 0 aliphatic rings. The van der Waals surface area contributed by atoms with Gasteiger partial charge in [-0.1, -0.05) is 23.4 Å². The maximum absolute atomic E-state index is 5.92. The summed E-state index contributed by atoms with van der Waals surface area (Å²) in [5.41, 5.74) is 9.08. The molecule has 0 unspecified atom stereocenters. The quantitative estimate of drug-likeness (QED) is 0.902. The summed E-state index contributed by atoms with van der Waals surface area (Å²) in [6.45, 7) is 7.91. The summed E-state index contributed by atoms with van der Waals surface area (Å²) in [4.78, 5) is 4.33. The summed E-state index contributed by atoms with van der Waals surface area (Å²) in [6, 6.07) is 6.33. The fraction of sp³-hybridized carbons (Fsp3) is 0.429. The first-order chi connectivity index (χ1) is 8.36. The van der Waals surface area contributed by atoms with E-state index in [2.05, 4.69) is 42.2 Å². The predicted molar refractivity (Wildman–Crippen MR) is 70.2 cm³/mol. The molecule has 4 heteroatoms. The van der Waals surface area contributed by atoms with Crippen LogP contribution < -0.4 is 5.73 Å². The Labute approximate surface area is 107 Å². The minimum absolute atomic E-state index is 0.543. The minimum Gasteiger partial charge on any atom is -0.339 e. The van der Waals surface area contributed by atoms with Gasteiger partial charge in [-0.05, 0) is 44.4 Å². The lowest BCUT2D eigenvalue weighted by molar-refractivity contribution is 0.365. The average molecular weight is 245 g/mol. The smallest absolute Gasteiger partial charge is 0.231 e. The number of hydrogen-bond donors (Lipinski definition) is 1. The van der Waals surface area contributed by atoms with E-state index in [-0.39, 0.29) is 0 Å². The van der Waals surface area contributed by atoms with Gasteiger partial charge in [-0.2, -0.15) is 4.98 Å². The first kappa shape index (κ1) is 12.8. The molecule has 96 valence electrons. The number of aromatic nitrogens is 2. The van der Waals surface area contributed by atoms with E-state index in [1.807, 2.05) is 13.8 Å². The maximum atomic E-state index is 5.92. The number of nitrogens with zero attached hydrogens (tertiary/aromatic N) is 2. The third-order valence-corrected chi connectivity index (χ3v) is 2.97. The Hall–Kier alpha value is -1.68. The van der Waals surface area contributed by atoms with Crippen molar-refractivity contribution in [1.82, 2.24) is 10.1 Å². The summed E-state index contributed by atoms with van der Waals surface area (Å²) in [6.07, 6.45) is 0.643. The average Bonchev–Trinajstić information content (AvgIpc) is 2.72. The third kappa shape index (κ3) is 2.76. The van der Waals surface area contributed by atoms with Crippen molar-refractivity contribution in [2.45, 2.75) is 39.7 Å². The second-order valence-electron chi connectivity index (χ2n) is 5.33. The Bertz CT molecular complexity index is 552. The summed E-state index contributed by atoms with van der Waals surface area (Å²) >= 11 is 0. The standard InChI is InChI=1S/C14H19N3O/c1-9-5-6-11(7-10(9)2)8-12-16-13(17-18-12)14(3,4)15/h5-7H,8,15H2,1-4H3. The van der Waals surface area contributed by atoms with E-state index in [1.54, 1.807) is 0 Å². The molecule has 2 rings (SSSR count). The molecule has 0 fully saturated rings. The highest BCUT2D eigenvalue weighted by atomic mass is 16.5. The van der Waals surface area contributed by atoms with Gasteiger partial charge in [0, 0.05) is 0 Å². The minimum atomic E-state index is -0.565. The zero-order valence-corrected chi connectivity index (χ0v) is 11.3. The Morgan fingerprint density at radius 2 is 1.94 bits per heavy atom. The van der Waals surface area contributed by atoms with Gasteiger partial charge in [0.15, 0.2) is 5.82 Å². The van der Waals surface area contributed by atoms with Crippen molar-refractivity contribution in [1.29, 1.82) is 0 Å². The van der Waals surface area contributed by atoms with Gasteiger partial charge in [-0.15, -0.1) is 0 Å². The van der Waals surface area contributed by atoms with E-state index in [4.69, 9.17) is 10.3 Å². The van der Waals surface area contributed by atoms with Gasteiger partial charge < -0.3 is 10.3 Å². The lowest BCUT2D eigenvalue weighted by Gasteiger charge is -2.11. The topological polar surface area (TPSA) is 64.9 Å². The monoisotopic (exact) mass is 245 g/mol. The van der Waals surface area contributed by atoms with Crippen LogP contribution in [0.1, 0.15) is 42.3 Å². The van der Waals surface area contributed by atoms with E-state index in [9.17, 15) is 0 Å². The van der Waals surface area contributed by atoms with Crippen molar-refractivity contribution in [2.75, 3.05) is 0 Å². The number of rotatable bonds is 3. The van der Waals surface area contributed by atoms with E-state index >= 15 is 0 Å². The van der Waals surface area contributed by atoms with Crippen LogP contribution in [0.25, 0.3) is 0 Å². The van der Waals surface area contributed by atoms with Crippen molar-refractivity contribution in [3.05, 3.63) is 46.6 Å². The van der Waals surface area contributed by atoms with Crippen LogP contribution in [0.15, 0.2) is 22.7 Å². The lowest BCUT2D eigenvalue weighted by Crippen LogP contribution is -2.30. The van der Waals surface area contributed by atoms with Gasteiger partial charge in [0.05, 0.1) is 12.0 Å². The molecule has 1 aromatic heterocycles. The highest BCUT2D eigenvalue weighted by Crippen LogP contribution is 2.16. The van der Waals surface area contributed by atoms with Crippen LogP contribution >= 0.6 is 0 Å². The van der Waals surface area contributed by atoms with Crippen LogP contribution in [0, 0.1) is 13.8 Å². The first-order valence-corrected chi connectivity index (χ1v) is 6.04. The van der Waals surface area contributed by atoms with Crippen LogP contribution in [-0.2, 0) is 12.0 Å². The zero-order chi connectivity index (χ0) is 13.3. The number of benzene rings is 1. The molecule has 2 N–H and O–H groups in total. The van der Waals surface area contributed by atoms with Gasteiger partial charge in [0.25, 0.3) is 0 Å². The SMILES string of the molecule is Cc1ccc(Cc2nc(C(C)(C)N)no2)cc1C. The number of hydrogen-bond acceptors (Lipinski definition) is 4. The molecule has 0 atom stereocenters. The molecule has 0 aliphatic heterocycles. The van der Waals surface area contributed by atoms with Crippen molar-refractivity contribution in [3.63, 3.8) is 0 Å².